The minimum atomic E-state index is -4.00. The van der Waals surface area contributed by atoms with Crippen LogP contribution in [0.4, 0.5) is 10.1 Å². The van der Waals surface area contributed by atoms with Crippen LogP contribution >= 0.6 is 22.7 Å². The van der Waals surface area contributed by atoms with Crippen molar-refractivity contribution < 1.29 is 17.6 Å². The molecule has 10 heteroatoms. The second-order valence-corrected chi connectivity index (χ2v) is 11.2. The summed E-state index contributed by atoms with van der Waals surface area (Å²) in [6.45, 7) is 3.88. The number of halogens is 1. The van der Waals surface area contributed by atoms with Gasteiger partial charge in [-0.25, -0.2) is 22.8 Å². The smallest absolute Gasteiger partial charge is 0.261 e. The van der Waals surface area contributed by atoms with Crippen LogP contribution in [-0.4, -0.2) is 24.2 Å². The van der Waals surface area contributed by atoms with Crippen molar-refractivity contribution in [2.24, 2.45) is 0 Å². The molecule has 4 rings (SSSR count). The van der Waals surface area contributed by atoms with Crippen molar-refractivity contribution in [3.05, 3.63) is 81.0 Å². The lowest BCUT2D eigenvalue weighted by Crippen LogP contribution is -2.14. The van der Waals surface area contributed by atoms with Gasteiger partial charge in [-0.1, -0.05) is 24.3 Å². The minimum absolute atomic E-state index is 0.0383. The number of Topliss-reactive ketones (excluding diaryl/α,β-unsaturated/α-hetero) is 1. The number of benzene rings is 2. The van der Waals surface area contributed by atoms with Crippen LogP contribution in [0, 0.1) is 19.7 Å². The van der Waals surface area contributed by atoms with Crippen LogP contribution in [-0.2, 0) is 27.7 Å². The second-order valence-electron chi connectivity index (χ2n) is 7.40. The van der Waals surface area contributed by atoms with Gasteiger partial charge in [0, 0.05) is 11.8 Å². The zero-order valence-corrected chi connectivity index (χ0v) is 20.3. The number of nitrogens with zero attached hydrogens (tertiary/aromatic N) is 2. The third-order valence-corrected chi connectivity index (χ3v) is 8.07. The Balaban J connectivity index is 1.45. The normalized spacial score (nSPS) is 11.5. The molecule has 0 saturated carbocycles. The van der Waals surface area contributed by atoms with E-state index in [-0.39, 0.29) is 29.2 Å². The van der Waals surface area contributed by atoms with Crippen molar-refractivity contribution in [2.45, 2.75) is 31.6 Å². The van der Waals surface area contributed by atoms with E-state index < -0.39 is 15.8 Å². The number of hydrogen-bond acceptors (Lipinski definition) is 7. The van der Waals surface area contributed by atoms with Crippen LogP contribution in [0.15, 0.2) is 58.8 Å². The van der Waals surface area contributed by atoms with Crippen LogP contribution in [0.3, 0.4) is 0 Å². The summed E-state index contributed by atoms with van der Waals surface area (Å²) in [6, 6.07) is 11.6. The molecule has 6 nitrogen and oxygen atoms in total. The summed E-state index contributed by atoms with van der Waals surface area (Å²) in [5, 5.41) is 3.59. The van der Waals surface area contributed by atoms with Gasteiger partial charge in [-0.15, -0.1) is 22.7 Å². The molecule has 4 aromatic rings. The number of anilines is 1. The first-order valence-electron chi connectivity index (χ1n) is 9.98. The molecule has 0 spiro atoms. The molecule has 2 aromatic carbocycles. The Kier molecular flexibility index (Phi) is 6.68. The zero-order valence-electron chi connectivity index (χ0n) is 17.8. The van der Waals surface area contributed by atoms with Crippen molar-refractivity contribution in [3.8, 4) is 10.6 Å². The van der Waals surface area contributed by atoms with E-state index in [2.05, 4.69) is 14.7 Å². The van der Waals surface area contributed by atoms with Gasteiger partial charge in [-0.3, -0.25) is 9.52 Å². The molecule has 170 valence electrons. The van der Waals surface area contributed by atoms with Crippen LogP contribution in [0.25, 0.3) is 10.6 Å². The number of aryl methyl sites for hydroxylation is 2. The topological polar surface area (TPSA) is 89.0 Å². The fourth-order valence-corrected chi connectivity index (χ4v) is 6.20. The van der Waals surface area contributed by atoms with E-state index in [1.807, 2.05) is 19.2 Å². The second kappa shape index (κ2) is 9.50. The lowest BCUT2D eigenvalue weighted by atomic mass is 10.1. The number of thiazole rings is 2. The van der Waals surface area contributed by atoms with Crippen molar-refractivity contribution in [1.82, 2.24) is 9.97 Å². The Bertz CT molecular complexity index is 1430. The zero-order chi connectivity index (χ0) is 23.6. The SMILES string of the molecule is Cc1nc(C)c(-c2csc(CC(=O)Cc3cccc(S(=O)(=O)Nc4ccccc4F)c3)n2)s1. The molecule has 0 aliphatic carbocycles. The molecule has 0 amide bonds. The highest BCUT2D eigenvalue weighted by Crippen LogP contribution is 2.30. The first-order chi connectivity index (χ1) is 15.7. The number of ketones is 1. The van der Waals surface area contributed by atoms with Crippen LogP contribution in [0.5, 0.6) is 0 Å². The van der Waals surface area contributed by atoms with E-state index in [9.17, 15) is 17.6 Å². The van der Waals surface area contributed by atoms with Gasteiger partial charge in [-0.2, -0.15) is 0 Å². The predicted octanol–water partition coefficient (Wildman–Crippen LogP) is 5.18. The van der Waals surface area contributed by atoms with Crippen LogP contribution in [0.2, 0.25) is 0 Å². The molecule has 0 fully saturated rings. The number of sulfonamides is 1. The average Bonchev–Trinajstić information content (AvgIpc) is 3.35. The van der Waals surface area contributed by atoms with E-state index in [0.29, 0.717) is 10.6 Å². The molecule has 0 saturated heterocycles. The molecule has 0 atom stereocenters. The molecule has 2 aromatic heterocycles. The molecule has 0 aliphatic heterocycles. The maximum atomic E-state index is 13.8. The summed E-state index contributed by atoms with van der Waals surface area (Å²) in [7, 11) is -4.00. The quantitative estimate of drug-likeness (QED) is 0.359. The monoisotopic (exact) mass is 501 g/mol. The molecule has 1 N–H and O–H groups in total. The van der Waals surface area contributed by atoms with Gasteiger partial charge in [0.05, 0.1) is 38.3 Å². The Morgan fingerprint density at radius 2 is 1.85 bits per heavy atom. The fraction of sp³-hybridized carbons (Fsp3) is 0.174. The Labute approximate surface area is 199 Å². The van der Waals surface area contributed by atoms with E-state index in [1.165, 1.54) is 47.7 Å². The molecule has 33 heavy (non-hydrogen) atoms. The van der Waals surface area contributed by atoms with Gasteiger partial charge in [-0.05, 0) is 43.7 Å². The number of rotatable bonds is 8. The molecule has 0 radical (unpaired) electrons. The highest BCUT2D eigenvalue weighted by atomic mass is 32.2. The third kappa shape index (κ3) is 5.52. The highest BCUT2D eigenvalue weighted by molar-refractivity contribution is 7.92. The summed E-state index contributed by atoms with van der Waals surface area (Å²) < 4.78 is 41.4. The van der Waals surface area contributed by atoms with E-state index in [1.54, 1.807) is 23.5 Å². The highest BCUT2D eigenvalue weighted by Gasteiger charge is 2.18. The summed E-state index contributed by atoms with van der Waals surface area (Å²) in [4.78, 5) is 22.6. The van der Waals surface area contributed by atoms with Crippen molar-refractivity contribution in [1.29, 1.82) is 0 Å². The largest absolute Gasteiger partial charge is 0.299 e. The van der Waals surface area contributed by atoms with Crippen molar-refractivity contribution in [3.63, 3.8) is 0 Å². The van der Waals surface area contributed by atoms with Crippen molar-refractivity contribution >= 4 is 44.2 Å². The summed E-state index contributed by atoms with van der Waals surface area (Å²) >= 11 is 2.99. The number of aromatic nitrogens is 2. The Hall–Kier alpha value is -2.95. The molecule has 2 heterocycles. The number of nitrogens with one attached hydrogen (secondary N) is 1. The third-order valence-electron chi connectivity index (χ3n) is 4.76. The number of para-hydroxylation sites is 1. The van der Waals surface area contributed by atoms with Gasteiger partial charge in [0.2, 0.25) is 0 Å². The summed E-state index contributed by atoms with van der Waals surface area (Å²) in [5.41, 5.74) is 2.16. The van der Waals surface area contributed by atoms with Gasteiger partial charge in [0.15, 0.2) is 0 Å². The molecule has 0 unspecified atom stereocenters. The van der Waals surface area contributed by atoms with E-state index in [4.69, 9.17) is 0 Å². The van der Waals surface area contributed by atoms with Crippen molar-refractivity contribution in [2.75, 3.05) is 4.72 Å². The van der Waals surface area contributed by atoms with E-state index >= 15 is 0 Å². The molecular weight excluding hydrogens is 481 g/mol. The number of carbonyl (C=O) groups excluding carboxylic acids is 1. The van der Waals surface area contributed by atoms with Gasteiger partial charge < -0.3 is 0 Å². The number of hydrogen-bond donors (Lipinski definition) is 1. The standard InChI is InChI=1S/C23H20FN3O3S3/c1-14-23(32-15(2)25-14)21-13-31-22(26-21)12-17(28)10-16-6-5-7-18(11-16)33(29,30)27-20-9-4-3-8-19(20)24/h3-9,11,13,27H,10,12H2,1-2H3. The predicted molar refractivity (Wildman–Crippen MR) is 129 cm³/mol. The molecular formula is C23H20FN3O3S3. The molecule has 0 bridgehead atoms. The summed E-state index contributed by atoms with van der Waals surface area (Å²) in [5.74, 6) is -0.747. The van der Waals surface area contributed by atoms with Crippen LogP contribution < -0.4 is 4.72 Å². The van der Waals surface area contributed by atoms with Crippen LogP contribution in [0.1, 0.15) is 21.3 Å². The minimum Gasteiger partial charge on any atom is -0.299 e. The summed E-state index contributed by atoms with van der Waals surface area (Å²) in [6.07, 6.45) is 0.225. The maximum absolute atomic E-state index is 13.8. The van der Waals surface area contributed by atoms with E-state index in [0.717, 1.165) is 21.3 Å². The Morgan fingerprint density at radius 1 is 1.06 bits per heavy atom. The first kappa shape index (κ1) is 23.2. The fourth-order valence-electron chi connectivity index (χ4n) is 3.29. The Morgan fingerprint density at radius 3 is 2.58 bits per heavy atom. The maximum Gasteiger partial charge on any atom is 0.261 e. The van der Waals surface area contributed by atoms with Gasteiger partial charge in [0.25, 0.3) is 10.0 Å². The van der Waals surface area contributed by atoms with Gasteiger partial charge in [0.1, 0.15) is 16.6 Å². The average molecular weight is 502 g/mol. The lowest BCUT2D eigenvalue weighted by Gasteiger charge is -2.10. The lowest BCUT2D eigenvalue weighted by molar-refractivity contribution is -0.117. The number of carbonyl (C=O) groups is 1. The van der Waals surface area contributed by atoms with Gasteiger partial charge >= 0.3 is 0 Å². The first-order valence-corrected chi connectivity index (χ1v) is 13.2. The molecule has 0 aliphatic rings.